The molecule has 0 aromatic heterocycles. The molecule has 0 aliphatic heterocycles. The van der Waals surface area contributed by atoms with Crippen LogP contribution in [0.2, 0.25) is 0 Å². The van der Waals surface area contributed by atoms with E-state index in [-0.39, 0.29) is 6.61 Å². The Balaban J connectivity index is 2.35. The van der Waals surface area contributed by atoms with Crippen molar-refractivity contribution in [2.24, 2.45) is 0 Å². The lowest BCUT2D eigenvalue weighted by Crippen LogP contribution is -2.17. The quantitative estimate of drug-likeness (QED) is 0.494. The van der Waals surface area contributed by atoms with Gasteiger partial charge in [0.2, 0.25) is 0 Å². The molecular formula is C11H14F3NO2S. The molecule has 2 N–H and O–H groups in total. The molecule has 3 nitrogen and oxygen atoms in total. The van der Waals surface area contributed by atoms with Crippen LogP contribution in [0, 0.1) is 0 Å². The molecule has 7 heteroatoms. The summed E-state index contributed by atoms with van der Waals surface area (Å²) in [6, 6.07) is 5.14. The van der Waals surface area contributed by atoms with Crippen LogP contribution in [0.4, 0.5) is 18.9 Å². The third-order valence-electron chi connectivity index (χ3n) is 1.94. The largest absolute Gasteiger partial charge is 0.496 e. The first-order valence-electron chi connectivity index (χ1n) is 5.13. The van der Waals surface area contributed by atoms with Gasteiger partial charge in [-0.15, -0.1) is 11.8 Å². The van der Waals surface area contributed by atoms with Gasteiger partial charge in [0.15, 0.2) is 0 Å². The zero-order chi connectivity index (χ0) is 13.6. The highest BCUT2D eigenvalue weighted by Crippen LogP contribution is 2.30. The molecule has 0 aliphatic rings. The number of hydrogen-bond acceptors (Lipinski definition) is 4. The number of rotatable bonds is 6. The predicted molar refractivity (Wildman–Crippen MR) is 65.0 cm³/mol. The Morgan fingerprint density at radius 3 is 2.67 bits per heavy atom. The van der Waals surface area contributed by atoms with E-state index in [9.17, 15) is 13.2 Å². The van der Waals surface area contributed by atoms with Crippen molar-refractivity contribution in [3.05, 3.63) is 18.2 Å². The number of thioether (sulfide) groups is 1. The second kappa shape index (κ2) is 6.75. The molecule has 1 rings (SSSR count). The van der Waals surface area contributed by atoms with Crippen molar-refractivity contribution in [3.8, 4) is 5.75 Å². The number of nitrogens with two attached hydrogens (primary N) is 1. The molecule has 0 bridgehead atoms. The third kappa shape index (κ3) is 5.50. The number of methoxy groups -OCH3 is 1. The van der Waals surface area contributed by atoms with Crippen LogP contribution in [0.3, 0.4) is 0 Å². The number of benzene rings is 1. The van der Waals surface area contributed by atoms with E-state index in [0.29, 0.717) is 17.2 Å². The zero-order valence-electron chi connectivity index (χ0n) is 9.79. The monoisotopic (exact) mass is 281 g/mol. The van der Waals surface area contributed by atoms with Gasteiger partial charge in [-0.25, -0.2) is 0 Å². The van der Waals surface area contributed by atoms with Crippen molar-refractivity contribution in [3.63, 3.8) is 0 Å². The van der Waals surface area contributed by atoms with Crippen LogP contribution in [0.5, 0.6) is 5.75 Å². The van der Waals surface area contributed by atoms with Gasteiger partial charge in [0, 0.05) is 22.4 Å². The summed E-state index contributed by atoms with van der Waals surface area (Å²) >= 11 is 1.36. The minimum absolute atomic E-state index is 0.0255. The maximum atomic E-state index is 11.8. The number of ether oxygens (including phenoxy) is 2. The van der Waals surface area contributed by atoms with Crippen LogP contribution in [0.1, 0.15) is 0 Å². The van der Waals surface area contributed by atoms with E-state index in [1.807, 2.05) is 0 Å². The van der Waals surface area contributed by atoms with Gasteiger partial charge in [-0.2, -0.15) is 13.2 Å². The lowest BCUT2D eigenvalue weighted by molar-refractivity contribution is -0.172. The fraction of sp³-hybridized carbons (Fsp3) is 0.455. The highest BCUT2D eigenvalue weighted by atomic mass is 32.2. The van der Waals surface area contributed by atoms with Gasteiger partial charge < -0.3 is 15.2 Å². The Morgan fingerprint density at radius 1 is 1.33 bits per heavy atom. The van der Waals surface area contributed by atoms with Crippen LogP contribution in [0.25, 0.3) is 0 Å². The van der Waals surface area contributed by atoms with E-state index in [1.54, 1.807) is 18.2 Å². The number of nitrogen functional groups attached to an aromatic ring is 1. The first-order chi connectivity index (χ1) is 8.42. The zero-order valence-corrected chi connectivity index (χ0v) is 10.6. The van der Waals surface area contributed by atoms with Gasteiger partial charge in [0.05, 0.1) is 13.7 Å². The molecular weight excluding hydrogens is 267 g/mol. The van der Waals surface area contributed by atoms with E-state index in [0.717, 1.165) is 4.90 Å². The average Bonchev–Trinajstić information content (AvgIpc) is 2.28. The molecule has 0 aliphatic carbocycles. The Labute approximate surface area is 107 Å². The molecule has 0 atom stereocenters. The Morgan fingerprint density at radius 2 is 2.06 bits per heavy atom. The van der Waals surface area contributed by atoms with E-state index in [1.165, 1.54) is 18.9 Å². The summed E-state index contributed by atoms with van der Waals surface area (Å²) in [4.78, 5) is 0.822. The van der Waals surface area contributed by atoms with Crippen LogP contribution >= 0.6 is 11.8 Å². The van der Waals surface area contributed by atoms with Gasteiger partial charge in [0.1, 0.15) is 12.4 Å². The van der Waals surface area contributed by atoms with Crippen molar-refractivity contribution < 1.29 is 22.6 Å². The maximum Gasteiger partial charge on any atom is 0.411 e. The Hall–Kier alpha value is -1.08. The Bertz CT molecular complexity index is 385. The van der Waals surface area contributed by atoms with Crippen molar-refractivity contribution in [1.82, 2.24) is 0 Å². The molecule has 0 amide bonds. The molecule has 0 saturated carbocycles. The fourth-order valence-electron chi connectivity index (χ4n) is 1.20. The van der Waals surface area contributed by atoms with Gasteiger partial charge >= 0.3 is 6.18 Å². The molecule has 1 aromatic carbocycles. The average molecular weight is 281 g/mol. The summed E-state index contributed by atoms with van der Waals surface area (Å²) < 4.78 is 45.0. The SMILES string of the molecule is COc1cc(N)ccc1SCCOCC(F)(F)F. The van der Waals surface area contributed by atoms with E-state index in [4.69, 9.17) is 10.5 Å². The number of alkyl halides is 3. The topological polar surface area (TPSA) is 44.5 Å². The number of anilines is 1. The van der Waals surface area contributed by atoms with Crippen molar-refractivity contribution in [1.29, 1.82) is 0 Å². The van der Waals surface area contributed by atoms with Crippen LogP contribution in [0.15, 0.2) is 23.1 Å². The smallest absolute Gasteiger partial charge is 0.411 e. The molecule has 0 heterocycles. The van der Waals surface area contributed by atoms with Crippen molar-refractivity contribution in [2.75, 3.05) is 31.8 Å². The van der Waals surface area contributed by atoms with E-state index < -0.39 is 12.8 Å². The summed E-state index contributed by atoms with van der Waals surface area (Å²) in [7, 11) is 1.51. The lowest BCUT2D eigenvalue weighted by Gasteiger charge is -2.10. The molecule has 18 heavy (non-hydrogen) atoms. The molecule has 0 fully saturated rings. The molecule has 0 unspecified atom stereocenters. The van der Waals surface area contributed by atoms with Crippen LogP contribution < -0.4 is 10.5 Å². The normalized spacial score (nSPS) is 11.6. The first kappa shape index (κ1) is 15.0. The number of hydrogen-bond donors (Lipinski definition) is 1. The lowest BCUT2D eigenvalue weighted by atomic mass is 10.3. The minimum atomic E-state index is -4.27. The molecule has 0 radical (unpaired) electrons. The number of halogens is 3. The molecule has 102 valence electrons. The van der Waals surface area contributed by atoms with Gasteiger partial charge in [-0.3, -0.25) is 0 Å². The highest BCUT2D eigenvalue weighted by Gasteiger charge is 2.27. The summed E-state index contributed by atoms with van der Waals surface area (Å²) in [5, 5.41) is 0. The fourth-order valence-corrected chi connectivity index (χ4v) is 2.07. The Kier molecular flexibility index (Phi) is 5.61. The van der Waals surface area contributed by atoms with E-state index in [2.05, 4.69) is 4.74 Å². The van der Waals surface area contributed by atoms with Gasteiger partial charge in [0.25, 0.3) is 0 Å². The summed E-state index contributed by atoms with van der Waals surface area (Å²) in [6.07, 6.45) is -4.27. The van der Waals surface area contributed by atoms with Gasteiger partial charge in [-0.1, -0.05) is 0 Å². The summed E-state index contributed by atoms with van der Waals surface area (Å²) in [5.74, 6) is 1.02. The third-order valence-corrected chi connectivity index (χ3v) is 2.96. The standard InChI is InChI=1S/C11H14F3NO2S/c1-16-9-6-8(15)2-3-10(9)18-5-4-17-7-11(12,13)14/h2-3,6H,4-5,7,15H2,1H3. The molecule has 0 spiro atoms. The van der Waals surface area contributed by atoms with Crippen molar-refractivity contribution in [2.45, 2.75) is 11.1 Å². The summed E-state index contributed by atoms with van der Waals surface area (Å²) in [5.41, 5.74) is 6.16. The maximum absolute atomic E-state index is 11.8. The van der Waals surface area contributed by atoms with Crippen molar-refractivity contribution >= 4 is 17.4 Å². The van der Waals surface area contributed by atoms with Crippen LogP contribution in [-0.4, -0.2) is 32.3 Å². The second-order valence-corrected chi connectivity index (χ2v) is 4.56. The highest BCUT2D eigenvalue weighted by molar-refractivity contribution is 7.99. The summed E-state index contributed by atoms with van der Waals surface area (Å²) in [6.45, 7) is -1.19. The van der Waals surface area contributed by atoms with Gasteiger partial charge in [-0.05, 0) is 12.1 Å². The van der Waals surface area contributed by atoms with E-state index >= 15 is 0 Å². The minimum Gasteiger partial charge on any atom is -0.496 e. The first-order valence-corrected chi connectivity index (χ1v) is 6.12. The molecule has 0 saturated heterocycles. The predicted octanol–water partition coefficient (Wildman–Crippen LogP) is 2.95. The second-order valence-electron chi connectivity index (χ2n) is 3.43. The molecule has 1 aromatic rings. The van der Waals surface area contributed by atoms with Crippen LogP contribution in [-0.2, 0) is 4.74 Å².